The van der Waals surface area contributed by atoms with E-state index in [1.54, 1.807) is 0 Å². The molecule has 2 heterocycles. The molecule has 1 aliphatic heterocycles. The number of hydrogen-bond donors (Lipinski definition) is 1. The SMILES string of the molecule is O=CN1CCCc2[nH]c3ccc(Cl)cc3c2C1. The molecule has 1 aliphatic rings. The maximum absolute atomic E-state index is 10.9. The molecule has 0 fully saturated rings. The van der Waals surface area contributed by atoms with Gasteiger partial charge in [0.2, 0.25) is 6.41 Å². The average Bonchev–Trinajstić information content (AvgIpc) is 2.54. The Labute approximate surface area is 104 Å². The van der Waals surface area contributed by atoms with Crippen molar-refractivity contribution in [3.63, 3.8) is 0 Å². The molecule has 3 rings (SSSR count). The van der Waals surface area contributed by atoms with Gasteiger partial charge in [0.25, 0.3) is 0 Å². The molecule has 17 heavy (non-hydrogen) atoms. The summed E-state index contributed by atoms with van der Waals surface area (Å²) in [6.45, 7) is 1.51. The number of carbonyl (C=O) groups excluding carboxylic acids is 1. The van der Waals surface area contributed by atoms with E-state index >= 15 is 0 Å². The zero-order valence-electron chi connectivity index (χ0n) is 9.37. The van der Waals surface area contributed by atoms with Crippen molar-refractivity contribution in [3.05, 3.63) is 34.5 Å². The van der Waals surface area contributed by atoms with Crippen LogP contribution in [0.1, 0.15) is 17.7 Å². The lowest BCUT2D eigenvalue weighted by Crippen LogP contribution is -2.20. The number of aromatic nitrogens is 1. The highest BCUT2D eigenvalue weighted by atomic mass is 35.5. The Balaban J connectivity index is 2.17. The standard InChI is InChI=1S/C13H13ClN2O/c14-9-3-4-13-10(6-9)11-7-16(8-17)5-1-2-12(11)15-13/h3-4,6,8,15H,1-2,5,7H2. The number of H-pyrrole nitrogens is 1. The van der Waals surface area contributed by atoms with Gasteiger partial charge in [0.15, 0.2) is 0 Å². The molecule has 4 heteroatoms. The van der Waals surface area contributed by atoms with Gasteiger partial charge >= 0.3 is 0 Å². The van der Waals surface area contributed by atoms with E-state index in [0.29, 0.717) is 6.54 Å². The molecule has 0 unspecified atom stereocenters. The molecule has 1 aromatic heterocycles. The second-order valence-electron chi connectivity index (χ2n) is 4.45. The Bertz CT molecular complexity index is 576. The lowest BCUT2D eigenvalue weighted by molar-refractivity contribution is -0.118. The quantitative estimate of drug-likeness (QED) is 0.774. The van der Waals surface area contributed by atoms with Crippen molar-refractivity contribution in [1.82, 2.24) is 9.88 Å². The summed E-state index contributed by atoms with van der Waals surface area (Å²) in [5.41, 5.74) is 3.56. The number of hydrogen-bond acceptors (Lipinski definition) is 1. The Hall–Kier alpha value is -1.48. The van der Waals surface area contributed by atoms with Gasteiger partial charge in [0, 0.05) is 40.3 Å². The van der Waals surface area contributed by atoms with E-state index in [0.717, 1.165) is 41.7 Å². The first-order chi connectivity index (χ1) is 8.28. The van der Waals surface area contributed by atoms with E-state index in [9.17, 15) is 4.79 Å². The average molecular weight is 249 g/mol. The minimum Gasteiger partial charge on any atom is -0.358 e. The highest BCUT2D eigenvalue weighted by molar-refractivity contribution is 6.31. The Kier molecular flexibility index (Phi) is 2.56. The van der Waals surface area contributed by atoms with Crippen molar-refractivity contribution in [2.24, 2.45) is 0 Å². The lowest BCUT2D eigenvalue weighted by Gasteiger charge is -2.13. The number of carbonyl (C=O) groups is 1. The topological polar surface area (TPSA) is 36.1 Å². The largest absolute Gasteiger partial charge is 0.358 e. The fraction of sp³-hybridized carbons (Fsp3) is 0.308. The molecule has 3 nitrogen and oxygen atoms in total. The smallest absolute Gasteiger partial charge is 0.210 e. The van der Waals surface area contributed by atoms with Crippen LogP contribution in [0.5, 0.6) is 0 Å². The van der Waals surface area contributed by atoms with Crippen LogP contribution in [-0.4, -0.2) is 22.8 Å². The molecule has 0 saturated carbocycles. The Morgan fingerprint density at radius 1 is 1.41 bits per heavy atom. The van der Waals surface area contributed by atoms with Crippen LogP contribution in [0.3, 0.4) is 0 Å². The number of nitrogens with zero attached hydrogens (tertiary/aromatic N) is 1. The highest BCUT2D eigenvalue weighted by Gasteiger charge is 2.17. The van der Waals surface area contributed by atoms with Gasteiger partial charge in [-0.1, -0.05) is 11.6 Å². The normalized spacial score (nSPS) is 15.7. The van der Waals surface area contributed by atoms with Crippen molar-refractivity contribution in [1.29, 1.82) is 0 Å². The molecule has 0 atom stereocenters. The molecule has 0 saturated heterocycles. The van der Waals surface area contributed by atoms with Gasteiger partial charge in [-0.3, -0.25) is 4.79 Å². The van der Waals surface area contributed by atoms with Crippen LogP contribution >= 0.6 is 11.6 Å². The maximum Gasteiger partial charge on any atom is 0.210 e. The second-order valence-corrected chi connectivity index (χ2v) is 4.89. The summed E-state index contributed by atoms with van der Waals surface area (Å²) in [6, 6.07) is 5.86. The number of rotatable bonds is 1. The predicted molar refractivity (Wildman–Crippen MR) is 68.1 cm³/mol. The van der Waals surface area contributed by atoms with E-state index in [1.807, 2.05) is 23.1 Å². The molecule has 1 amide bonds. The summed E-state index contributed by atoms with van der Waals surface area (Å²) < 4.78 is 0. The van der Waals surface area contributed by atoms with Crippen LogP contribution < -0.4 is 0 Å². The number of halogens is 1. The molecular formula is C13H13ClN2O. The molecule has 2 aromatic rings. The zero-order valence-corrected chi connectivity index (χ0v) is 10.1. The predicted octanol–water partition coefficient (Wildman–Crippen LogP) is 2.73. The second kappa shape index (κ2) is 4.08. The van der Waals surface area contributed by atoms with Gasteiger partial charge in [0.1, 0.15) is 0 Å². The van der Waals surface area contributed by atoms with Crippen LogP contribution in [0.15, 0.2) is 18.2 Å². The third kappa shape index (κ3) is 1.80. The van der Waals surface area contributed by atoms with Crippen molar-refractivity contribution in [2.75, 3.05) is 6.54 Å². The highest BCUT2D eigenvalue weighted by Crippen LogP contribution is 2.28. The van der Waals surface area contributed by atoms with Gasteiger partial charge in [-0.05, 0) is 31.0 Å². The molecule has 88 valence electrons. The number of benzene rings is 1. The number of fused-ring (bicyclic) bond motifs is 3. The summed E-state index contributed by atoms with van der Waals surface area (Å²) in [5.74, 6) is 0. The molecule has 0 bridgehead atoms. The zero-order chi connectivity index (χ0) is 11.8. The van der Waals surface area contributed by atoms with Gasteiger partial charge in [-0.25, -0.2) is 0 Å². The van der Waals surface area contributed by atoms with E-state index in [4.69, 9.17) is 11.6 Å². The number of nitrogens with one attached hydrogen (secondary N) is 1. The van der Waals surface area contributed by atoms with Crippen LogP contribution in [-0.2, 0) is 17.8 Å². The van der Waals surface area contributed by atoms with Gasteiger partial charge < -0.3 is 9.88 Å². The summed E-state index contributed by atoms with van der Waals surface area (Å²) in [6.07, 6.45) is 2.93. The third-order valence-electron chi connectivity index (χ3n) is 3.34. The van der Waals surface area contributed by atoms with E-state index in [1.165, 1.54) is 11.3 Å². The lowest BCUT2D eigenvalue weighted by atomic mass is 10.1. The first kappa shape index (κ1) is 10.7. The van der Waals surface area contributed by atoms with Crippen LogP contribution in [0.2, 0.25) is 5.02 Å². The third-order valence-corrected chi connectivity index (χ3v) is 3.57. The van der Waals surface area contributed by atoms with Crippen molar-refractivity contribution in [3.8, 4) is 0 Å². The summed E-state index contributed by atoms with van der Waals surface area (Å²) in [4.78, 5) is 16.2. The fourth-order valence-electron chi connectivity index (χ4n) is 2.50. The monoisotopic (exact) mass is 248 g/mol. The minimum absolute atomic E-state index is 0.680. The van der Waals surface area contributed by atoms with E-state index in [2.05, 4.69) is 4.98 Å². The molecule has 0 spiro atoms. The van der Waals surface area contributed by atoms with Crippen LogP contribution in [0.4, 0.5) is 0 Å². The molecule has 1 N–H and O–H groups in total. The first-order valence-electron chi connectivity index (χ1n) is 5.76. The summed E-state index contributed by atoms with van der Waals surface area (Å²) in [5, 5.41) is 1.88. The number of aryl methyl sites for hydroxylation is 1. The molecule has 0 radical (unpaired) electrons. The summed E-state index contributed by atoms with van der Waals surface area (Å²) in [7, 11) is 0. The number of amides is 1. The van der Waals surface area contributed by atoms with Crippen LogP contribution in [0, 0.1) is 0 Å². The number of aromatic amines is 1. The molecule has 0 aliphatic carbocycles. The van der Waals surface area contributed by atoms with Crippen molar-refractivity contribution >= 4 is 28.9 Å². The van der Waals surface area contributed by atoms with Gasteiger partial charge in [-0.2, -0.15) is 0 Å². The minimum atomic E-state index is 0.680. The Morgan fingerprint density at radius 3 is 3.12 bits per heavy atom. The van der Waals surface area contributed by atoms with E-state index in [-0.39, 0.29) is 0 Å². The van der Waals surface area contributed by atoms with Crippen LogP contribution in [0.25, 0.3) is 10.9 Å². The fourth-order valence-corrected chi connectivity index (χ4v) is 2.67. The molecular weight excluding hydrogens is 236 g/mol. The van der Waals surface area contributed by atoms with Gasteiger partial charge in [0.05, 0.1) is 0 Å². The summed E-state index contributed by atoms with van der Waals surface area (Å²) >= 11 is 6.03. The first-order valence-corrected chi connectivity index (χ1v) is 6.14. The maximum atomic E-state index is 10.9. The van der Waals surface area contributed by atoms with E-state index < -0.39 is 0 Å². The van der Waals surface area contributed by atoms with Crippen molar-refractivity contribution in [2.45, 2.75) is 19.4 Å². The Morgan fingerprint density at radius 2 is 2.29 bits per heavy atom. The van der Waals surface area contributed by atoms with Gasteiger partial charge in [-0.15, -0.1) is 0 Å². The van der Waals surface area contributed by atoms with Crippen molar-refractivity contribution < 1.29 is 4.79 Å². The molecule has 1 aromatic carbocycles.